The van der Waals surface area contributed by atoms with E-state index in [0.29, 0.717) is 0 Å². The number of nitrogens with one attached hydrogen (secondary N) is 1. The van der Waals surface area contributed by atoms with Crippen molar-refractivity contribution < 1.29 is 0 Å². The Morgan fingerprint density at radius 2 is 2.46 bits per heavy atom. The first-order valence-electron chi connectivity index (χ1n) is 5.08. The second kappa shape index (κ2) is 3.92. The van der Waals surface area contributed by atoms with Crippen LogP contribution in [0.3, 0.4) is 0 Å². The number of nitrogens with zero attached hydrogens (tertiary/aromatic N) is 2. The average Bonchev–Trinajstić information content (AvgIpc) is 2.86. The quantitative estimate of drug-likeness (QED) is 0.691. The predicted octanol–water partition coefficient (Wildman–Crippen LogP) is 1.33. The highest BCUT2D eigenvalue weighted by Crippen LogP contribution is 2.18. The van der Waals surface area contributed by atoms with Crippen LogP contribution >= 0.6 is 0 Å². The van der Waals surface area contributed by atoms with Crippen molar-refractivity contribution in [3.63, 3.8) is 0 Å². The molecule has 0 aliphatic heterocycles. The van der Waals surface area contributed by atoms with E-state index in [2.05, 4.69) is 22.0 Å². The van der Waals surface area contributed by atoms with E-state index < -0.39 is 0 Å². The van der Waals surface area contributed by atoms with E-state index >= 15 is 0 Å². The van der Waals surface area contributed by atoms with Crippen molar-refractivity contribution in [2.24, 2.45) is 0 Å². The number of aromatic nitrogens is 2. The van der Waals surface area contributed by atoms with Crippen LogP contribution in [0.4, 0.5) is 0 Å². The summed E-state index contributed by atoms with van der Waals surface area (Å²) in [5.74, 6) is 0. The van der Waals surface area contributed by atoms with Crippen molar-refractivity contribution in [1.29, 1.82) is 0 Å². The fraction of sp³-hybridized carbons (Fsp3) is 0.700. The second-order valence-corrected chi connectivity index (χ2v) is 3.78. The van der Waals surface area contributed by atoms with E-state index in [1.165, 1.54) is 25.0 Å². The third-order valence-corrected chi connectivity index (χ3v) is 2.49. The van der Waals surface area contributed by atoms with Gasteiger partial charge >= 0.3 is 0 Å². The molecule has 13 heavy (non-hydrogen) atoms. The summed E-state index contributed by atoms with van der Waals surface area (Å²) in [6.07, 6.45) is 5.80. The first kappa shape index (κ1) is 8.75. The molecule has 0 amide bonds. The zero-order chi connectivity index (χ0) is 9.10. The third kappa shape index (κ3) is 2.56. The molecular weight excluding hydrogens is 162 g/mol. The molecule has 1 aromatic heterocycles. The molecule has 1 N–H and O–H groups in total. The van der Waals surface area contributed by atoms with Gasteiger partial charge in [0.05, 0.1) is 0 Å². The molecule has 2 rings (SSSR count). The van der Waals surface area contributed by atoms with Crippen LogP contribution in [-0.2, 0) is 6.54 Å². The molecule has 1 heterocycles. The van der Waals surface area contributed by atoms with Gasteiger partial charge in [-0.1, -0.05) is 0 Å². The Morgan fingerprint density at radius 1 is 1.62 bits per heavy atom. The molecule has 3 heteroatoms. The van der Waals surface area contributed by atoms with Crippen LogP contribution in [0.1, 0.15) is 25.0 Å². The monoisotopic (exact) mass is 179 g/mol. The molecule has 0 saturated heterocycles. The molecule has 3 nitrogen and oxygen atoms in total. The minimum absolute atomic E-state index is 0.832. The smallest absolute Gasteiger partial charge is 0.0492 e. The molecule has 1 aromatic rings. The van der Waals surface area contributed by atoms with Crippen molar-refractivity contribution in [2.45, 2.75) is 38.8 Å². The first-order valence-corrected chi connectivity index (χ1v) is 5.08. The SMILES string of the molecule is Cc1ccnn1CCCNC1CC1. The number of aryl methyl sites for hydroxylation is 2. The lowest BCUT2D eigenvalue weighted by atomic mass is 10.4. The molecule has 72 valence electrons. The van der Waals surface area contributed by atoms with Gasteiger partial charge in [-0.15, -0.1) is 0 Å². The zero-order valence-corrected chi connectivity index (χ0v) is 8.16. The number of rotatable bonds is 5. The van der Waals surface area contributed by atoms with Crippen LogP contribution in [0, 0.1) is 6.92 Å². The predicted molar refractivity (Wildman–Crippen MR) is 52.6 cm³/mol. The van der Waals surface area contributed by atoms with Gasteiger partial charge in [0.2, 0.25) is 0 Å². The van der Waals surface area contributed by atoms with Gasteiger partial charge in [-0.2, -0.15) is 5.10 Å². The molecule has 1 saturated carbocycles. The summed E-state index contributed by atoms with van der Waals surface area (Å²) in [4.78, 5) is 0. The third-order valence-electron chi connectivity index (χ3n) is 2.49. The molecule has 1 aliphatic rings. The maximum Gasteiger partial charge on any atom is 0.0492 e. The van der Waals surface area contributed by atoms with E-state index in [1.54, 1.807) is 0 Å². The Labute approximate surface area is 79.1 Å². The lowest BCUT2D eigenvalue weighted by molar-refractivity contribution is 0.533. The van der Waals surface area contributed by atoms with Gasteiger partial charge in [-0.3, -0.25) is 4.68 Å². The van der Waals surface area contributed by atoms with Crippen molar-refractivity contribution in [3.05, 3.63) is 18.0 Å². The maximum atomic E-state index is 4.24. The molecule has 0 spiro atoms. The standard InChI is InChI=1S/C10H17N3/c1-9-5-7-12-13(9)8-2-6-11-10-3-4-10/h5,7,10-11H,2-4,6,8H2,1H3. The van der Waals surface area contributed by atoms with E-state index in [4.69, 9.17) is 0 Å². The van der Waals surface area contributed by atoms with E-state index in [-0.39, 0.29) is 0 Å². The fourth-order valence-corrected chi connectivity index (χ4v) is 1.46. The molecule has 0 radical (unpaired) electrons. The van der Waals surface area contributed by atoms with Crippen molar-refractivity contribution in [1.82, 2.24) is 15.1 Å². The highest BCUT2D eigenvalue weighted by molar-refractivity contribution is 4.96. The Kier molecular flexibility index (Phi) is 2.64. The van der Waals surface area contributed by atoms with Gasteiger partial charge in [-0.05, 0) is 38.8 Å². The van der Waals surface area contributed by atoms with Gasteiger partial charge in [0, 0.05) is 24.5 Å². The average molecular weight is 179 g/mol. The molecule has 0 bridgehead atoms. The molecular formula is C10H17N3. The van der Waals surface area contributed by atoms with E-state index in [9.17, 15) is 0 Å². The van der Waals surface area contributed by atoms with Crippen LogP contribution in [0.2, 0.25) is 0 Å². The normalized spacial score (nSPS) is 16.4. The maximum absolute atomic E-state index is 4.24. The van der Waals surface area contributed by atoms with Gasteiger partial charge in [0.15, 0.2) is 0 Å². The Bertz CT molecular complexity index is 263. The van der Waals surface area contributed by atoms with Crippen LogP contribution in [0.15, 0.2) is 12.3 Å². The van der Waals surface area contributed by atoms with E-state index in [1.807, 2.05) is 12.3 Å². The van der Waals surface area contributed by atoms with Crippen LogP contribution < -0.4 is 5.32 Å². The van der Waals surface area contributed by atoms with E-state index in [0.717, 1.165) is 19.1 Å². The molecule has 0 aromatic carbocycles. The van der Waals surface area contributed by atoms with Crippen LogP contribution in [-0.4, -0.2) is 22.4 Å². The molecule has 1 aliphatic carbocycles. The largest absolute Gasteiger partial charge is 0.314 e. The van der Waals surface area contributed by atoms with Gasteiger partial charge in [0.25, 0.3) is 0 Å². The molecule has 0 atom stereocenters. The van der Waals surface area contributed by atoms with Gasteiger partial charge < -0.3 is 5.32 Å². The summed E-state index contributed by atoms with van der Waals surface area (Å²) in [7, 11) is 0. The Balaban J connectivity index is 1.64. The highest BCUT2D eigenvalue weighted by atomic mass is 15.3. The van der Waals surface area contributed by atoms with Gasteiger partial charge in [0.1, 0.15) is 0 Å². The minimum atomic E-state index is 0.832. The zero-order valence-electron chi connectivity index (χ0n) is 8.16. The van der Waals surface area contributed by atoms with Crippen LogP contribution in [0.5, 0.6) is 0 Å². The summed E-state index contributed by atoms with van der Waals surface area (Å²) in [6, 6.07) is 2.88. The van der Waals surface area contributed by atoms with Crippen molar-refractivity contribution >= 4 is 0 Å². The van der Waals surface area contributed by atoms with Crippen molar-refractivity contribution in [2.75, 3.05) is 6.54 Å². The molecule has 0 unspecified atom stereocenters. The number of hydrogen-bond acceptors (Lipinski definition) is 2. The Hall–Kier alpha value is -0.830. The highest BCUT2D eigenvalue weighted by Gasteiger charge is 2.19. The summed E-state index contributed by atoms with van der Waals surface area (Å²) in [6.45, 7) is 4.27. The first-order chi connectivity index (χ1) is 6.36. The van der Waals surface area contributed by atoms with Gasteiger partial charge in [-0.25, -0.2) is 0 Å². The topological polar surface area (TPSA) is 29.9 Å². The summed E-state index contributed by atoms with van der Waals surface area (Å²) in [5, 5.41) is 7.73. The minimum Gasteiger partial charge on any atom is -0.314 e. The Morgan fingerprint density at radius 3 is 3.08 bits per heavy atom. The lowest BCUT2D eigenvalue weighted by Crippen LogP contribution is -2.19. The van der Waals surface area contributed by atoms with Crippen molar-refractivity contribution in [3.8, 4) is 0 Å². The second-order valence-electron chi connectivity index (χ2n) is 3.78. The summed E-state index contributed by atoms with van der Waals surface area (Å²) >= 11 is 0. The lowest BCUT2D eigenvalue weighted by Gasteiger charge is -2.04. The van der Waals surface area contributed by atoms with Crippen LogP contribution in [0.25, 0.3) is 0 Å². The fourth-order valence-electron chi connectivity index (χ4n) is 1.46. The summed E-state index contributed by atoms with van der Waals surface area (Å²) in [5.41, 5.74) is 1.26. The summed E-state index contributed by atoms with van der Waals surface area (Å²) < 4.78 is 2.06. The molecule has 1 fully saturated rings. The number of hydrogen-bond donors (Lipinski definition) is 1.